The summed E-state index contributed by atoms with van der Waals surface area (Å²) >= 11 is 0. The summed E-state index contributed by atoms with van der Waals surface area (Å²) in [4.78, 5) is 27.4. The predicted molar refractivity (Wildman–Crippen MR) is 78.5 cm³/mol. The Hall–Kier alpha value is -2.95. The molecule has 2 aromatic heterocycles. The van der Waals surface area contributed by atoms with Crippen LogP contribution in [0.3, 0.4) is 0 Å². The summed E-state index contributed by atoms with van der Waals surface area (Å²) in [6, 6.07) is 10.7. The zero-order chi connectivity index (χ0) is 14.8. The molecule has 0 aliphatic rings. The van der Waals surface area contributed by atoms with E-state index in [1.807, 2.05) is 24.3 Å². The van der Waals surface area contributed by atoms with Gasteiger partial charge in [0, 0.05) is 30.5 Å². The van der Waals surface area contributed by atoms with Gasteiger partial charge in [-0.2, -0.15) is 0 Å². The molecule has 0 saturated heterocycles. The number of hydrogen-bond acceptors (Lipinski definition) is 3. The van der Waals surface area contributed by atoms with Crippen LogP contribution in [-0.4, -0.2) is 20.6 Å². The zero-order valence-corrected chi connectivity index (χ0v) is 11.1. The molecule has 2 heterocycles. The van der Waals surface area contributed by atoms with Gasteiger partial charge in [0.1, 0.15) is 5.56 Å². The molecule has 0 fully saturated rings. The van der Waals surface area contributed by atoms with E-state index in [4.69, 9.17) is 0 Å². The van der Waals surface area contributed by atoms with Crippen LogP contribution in [0, 0.1) is 0 Å². The fraction of sp³-hybridized carbons (Fsp3) is 0.0625. The minimum Gasteiger partial charge on any atom is -0.477 e. The van der Waals surface area contributed by atoms with Crippen LogP contribution in [0.4, 0.5) is 0 Å². The number of rotatable bonds is 3. The van der Waals surface area contributed by atoms with Crippen molar-refractivity contribution in [3.63, 3.8) is 0 Å². The maximum Gasteiger partial charge on any atom is 0.341 e. The quantitative estimate of drug-likeness (QED) is 0.797. The highest BCUT2D eigenvalue weighted by Gasteiger charge is 2.14. The van der Waals surface area contributed by atoms with Gasteiger partial charge in [0.15, 0.2) is 0 Å². The Bertz CT molecular complexity index is 870. The van der Waals surface area contributed by atoms with Gasteiger partial charge in [-0.15, -0.1) is 0 Å². The fourth-order valence-corrected chi connectivity index (χ4v) is 2.31. The van der Waals surface area contributed by atoms with Gasteiger partial charge in [-0.05, 0) is 29.8 Å². The molecule has 3 rings (SSSR count). The highest BCUT2D eigenvalue weighted by atomic mass is 16.4. The van der Waals surface area contributed by atoms with Crippen molar-refractivity contribution in [2.24, 2.45) is 0 Å². The number of aromatic carboxylic acids is 1. The molecule has 104 valence electrons. The molecule has 0 aliphatic heterocycles. The zero-order valence-electron chi connectivity index (χ0n) is 11.1. The van der Waals surface area contributed by atoms with Crippen molar-refractivity contribution < 1.29 is 9.90 Å². The molecular formula is C16H12N2O3. The van der Waals surface area contributed by atoms with Gasteiger partial charge in [-0.25, -0.2) is 4.79 Å². The number of carbonyl (C=O) groups is 1. The first-order valence-electron chi connectivity index (χ1n) is 6.41. The number of hydrogen-bond donors (Lipinski definition) is 1. The molecule has 0 bridgehead atoms. The normalized spacial score (nSPS) is 10.7. The molecule has 0 spiro atoms. The first kappa shape index (κ1) is 13.1. The van der Waals surface area contributed by atoms with E-state index in [-0.39, 0.29) is 5.56 Å². The number of nitrogens with zero attached hydrogens (tertiary/aromatic N) is 2. The summed E-state index contributed by atoms with van der Waals surface area (Å²) < 4.78 is 1.77. The largest absolute Gasteiger partial charge is 0.477 e. The van der Waals surface area contributed by atoms with Crippen molar-refractivity contribution in [2.75, 3.05) is 0 Å². The Kier molecular flexibility index (Phi) is 3.23. The summed E-state index contributed by atoms with van der Waals surface area (Å²) in [6.07, 6.45) is 4.75. The number of carboxylic acids is 1. The van der Waals surface area contributed by atoms with Gasteiger partial charge in [-0.1, -0.05) is 12.1 Å². The highest BCUT2D eigenvalue weighted by molar-refractivity contribution is 5.92. The standard InChI is InChI=1S/C16H12N2O3/c19-15-12-3-1-2-4-14(12)18(10-13(15)16(20)21)9-11-5-7-17-8-6-11/h1-8,10H,9H2,(H,20,21). The number of carboxylic acid groups (broad SMARTS) is 1. The van der Waals surface area contributed by atoms with Crippen molar-refractivity contribution in [3.8, 4) is 0 Å². The Morgan fingerprint density at radius 2 is 1.86 bits per heavy atom. The van der Waals surface area contributed by atoms with Crippen LogP contribution in [0.5, 0.6) is 0 Å². The molecule has 0 saturated carbocycles. The minimum atomic E-state index is -1.21. The smallest absolute Gasteiger partial charge is 0.341 e. The van der Waals surface area contributed by atoms with E-state index in [9.17, 15) is 14.7 Å². The first-order valence-corrected chi connectivity index (χ1v) is 6.41. The Morgan fingerprint density at radius 3 is 2.57 bits per heavy atom. The van der Waals surface area contributed by atoms with E-state index in [0.29, 0.717) is 17.4 Å². The molecule has 1 N–H and O–H groups in total. The van der Waals surface area contributed by atoms with E-state index in [1.54, 1.807) is 29.1 Å². The van der Waals surface area contributed by atoms with Gasteiger partial charge in [-0.3, -0.25) is 9.78 Å². The average molecular weight is 280 g/mol. The van der Waals surface area contributed by atoms with E-state index in [1.165, 1.54) is 6.20 Å². The van der Waals surface area contributed by atoms with Gasteiger partial charge < -0.3 is 9.67 Å². The summed E-state index contributed by atoms with van der Waals surface area (Å²) in [6.45, 7) is 0.476. The molecule has 1 aromatic carbocycles. The summed E-state index contributed by atoms with van der Waals surface area (Å²) in [5.41, 5.74) is 1.02. The number of benzene rings is 1. The van der Waals surface area contributed by atoms with Gasteiger partial charge >= 0.3 is 5.97 Å². The molecule has 0 aliphatic carbocycles. The number of para-hydroxylation sites is 1. The maximum atomic E-state index is 12.2. The molecule has 21 heavy (non-hydrogen) atoms. The van der Waals surface area contributed by atoms with E-state index in [0.717, 1.165) is 5.56 Å². The SMILES string of the molecule is O=C(O)c1cn(Cc2ccncc2)c2ccccc2c1=O. The van der Waals surface area contributed by atoms with E-state index >= 15 is 0 Å². The van der Waals surface area contributed by atoms with E-state index in [2.05, 4.69) is 4.98 Å². The molecule has 0 radical (unpaired) electrons. The third kappa shape index (κ3) is 2.41. The van der Waals surface area contributed by atoms with Crippen LogP contribution >= 0.6 is 0 Å². The Morgan fingerprint density at radius 1 is 1.14 bits per heavy atom. The number of pyridine rings is 2. The summed E-state index contributed by atoms with van der Waals surface area (Å²) in [7, 11) is 0. The lowest BCUT2D eigenvalue weighted by atomic mass is 10.1. The van der Waals surface area contributed by atoms with Crippen molar-refractivity contribution in [3.05, 3.63) is 76.3 Å². The Labute approximate surface area is 120 Å². The third-order valence-electron chi connectivity index (χ3n) is 3.32. The van der Waals surface area contributed by atoms with Crippen molar-refractivity contribution in [1.82, 2.24) is 9.55 Å². The van der Waals surface area contributed by atoms with Gasteiger partial charge in [0.2, 0.25) is 5.43 Å². The van der Waals surface area contributed by atoms with Crippen LogP contribution in [0.25, 0.3) is 10.9 Å². The topological polar surface area (TPSA) is 72.2 Å². The van der Waals surface area contributed by atoms with Crippen LogP contribution in [-0.2, 0) is 6.54 Å². The van der Waals surface area contributed by atoms with E-state index < -0.39 is 11.4 Å². The van der Waals surface area contributed by atoms with Gasteiger partial charge in [0.25, 0.3) is 0 Å². The second-order valence-corrected chi connectivity index (χ2v) is 4.68. The predicted octanol–water partition coefficient (Wildman–Crippen LogP) is 2.14. The molecule has 3 aromatic rings. The highest BCUT2D eigenvalue weighted by Crippen LogP contribution is 2.14. The maximum absolute atomic E-state index is 12.2. The monoisotopic (exact) mass is 280 g/mol. The molecular weight excluding hydrogens is 268 g/mol. The average Bonchev–Trinajstić information content (AvgIpc) is 2.51. The summed E-state index contributed by atoms with van der Waals surface area (Å²) in [5, 5.41) is 9.60. The van der Waals surface area contributed by atoms with Crippen molar-refractivity contribution >= 4 is 16.9 Å². The van der Waals surface area contributed by atoms with Gasteiger partial charge in [0.05, 0.1) is 5.52 Å². The molecule has 5 nitrogen and oxygen atoms in total. The second-order valence-electron chi connectivity index (χ2n) is 4.68. The van der Waals surface area contributed by atoms with Crippen LogP contribution in [0.15, 0.2) is 59.8 Å². The lowest BCUT2D eigenvalue weighted by molar-refractivity contribution is 0.0695. The second kappa shape index (κ2) is 5.20. The van der Waals surface area contributed by atoms with Crippen LogP contribution in [0.2, 0.25) is 0 Å². The Balaban J connectivity index is 2.24. The van der Waals surface area contributed by atoms with Crippen LogP contribution in [0.1, 0.15) is 15.9 Å². The third-order valence-corrected chi connectivity index (χ3v) is 3.32. The molecule has 0 amide bonds. The summed E-state index contributed by atoms with van der Waals surface area (Å²) in [5.74, 6) is -1.21. The molecule has 5 heteroatoms. The lowest BCUT2D eigenvalue weighted by Gasteiger charge is -2.12. The fourth-order valence-electron chi connectivity index (χ4n) is 2.31. The lowest BCUT2D eigenvalue weighted by Crippen LogP contribution is -2.19. The van der Waals surface area contributed by atoms with Crippen LogP contribution < -0.4 is 5.43 Å². The van der Waals surface area contributed by atoms with Crippen molar-refractivity contribution in [1.29, 1.82) is 0 Å². The van der Waals surface area contributed by atoms with Crippen molar-refractivity contribution in [2.45, 2.75) is 6.54 Å². The first-order chi connectivity index (χ1) is 10.2. The number of fused-ring (bicyclic) bond motifs is 1. The molecule has 0 atom stereocenters. The minimum absolute atomic E-state index is 0.220. The number of aromatic nitrogens is 2. The molecule has 0 unspecified atom stereocenters.